The van der Waals surface area contributed by atoms with E-state index in [1.807, 2.05) is 0 Å². The van der Waals surface area contributed by atoms with E-state index in [0.717, 1.165) is 18.2 Å². The van der Waals surface area contributed by atoms with Gasteiger partial charge in [-0.1, -0.05) is 17.7 Å². The maximum atomic E-state index is 12.5. The highest BCUT2D eigenvalue weighted by molar-refractivity contribution is 6.31. The quantitative estimate of drug-likeness (QED) is 0.852. The summed E-state index contributed by atoms with van der Waals surface area (Å²) in [5.74, 6) is -0.574. The largest absolute Gasteiger partial charge is 0.319 e. The fourth-order valence-electron chi connectivity index (χ4n) is 0.908. The average molecular weight is 246 g/mol. The molecule has 0 amide bonds. The van der Waals surface area contributed by atoms with Crippen LogP contribution in [0.5, 0.6) is 0 Å². The van der Waals surface area contributed by atoms with Crippen molar-refractivity contribution in [3.8, 4) is 0 Å². The van der Waals surface area contributed by atoms with Gasteiger partial charge in [0.2, 0.25) is 0 Å². The molecule has 1 nitrogen and oxygen atoms in total. The molecule has 14 heavy (non-hydrogen) atoms. The first kappa shape index (κ1) is 13.5. The van der Waals surface area contributed by atoms with Crippen LogP contribution in [0.4, 0.5) is 13.2 Å². The highest BCUT2D eigenvalue weighted by Gasteiger charge is 2.19. The van der Waals surface area contributed by atoms with Crippen LogP contribution in [0.25, 0.3) is 0 Å². The van der Waals surface area contributed by atoms with Gasteiger partial charge < -0.3 is 5.73 Å². The molecule has 2 N–H and O–H groups in total. The Morgan fingerprint density at radius 1 is 1.29 bits per heavy atom. The van der Waals surface area contributed by atoms with E-state index in [4.69, 9.17) is 17.3 Å². The predicted octanol–water partition coefficient (Wildman–Crippen LogP) is 3.17. The second kappa shape index (κ2) is 5.44. The normalized spacial score (nSPS) is 12.4. The predicted molar refractivity (Wildman–Crippen MR) is 51.6 cm³/mol. The lowest BCUT2D eigenvalue weighted by molar-refractivity contribution is 0.116. The monoisotopic (exact) mass is 245 g/mol. The molecule has 0 spiro atoms. The Kier molecular flexibility index (Phi) is 5.26. The molecular weight excluding hydrogens is 238 g/mol. The molecule has 1 aromatic rings. The van der Waals surface area contributed by atoms with Gasteiger partial charge in [-0.15, -0.1) is 12.4 Å². The minimum Gasteiger partial charge on any atom is -0.319 e. The molecular formula is C8H8Cl2F3N. The topological polar surface area (TPSA) is 26.0 Å². The molecule has 1 aromatic carbocycles. The van der Waals surface area contributed by atoms with Crippen molar-refractivity contribution in [2.45, 2.75) is 12.5 Å². The first-order valence-corrected chi connectivity index (χ1v) is 3.89. The molecule has 0 bridgehead atoms. The zero-order valence-electron chi connectivity index (χ0n) is 6.88. The third kappa shape index (κ3) is 3.04. The lowest BCUT2D eigenvalue weighted by Crippen LogP contribution is -2.19. The van der Waals surface area contributed by atoms with Gasteiger partial charge in [0, 0.05) is 5.02 Å². The Bertz CT molecular complexity index is 307. The van der Waals surface area contributed by atoms with Crippen LogP contribution in [0, 0.1) is 5.82 Å². The van der Waals surface area contributed by atoms with Crippen molar-refractivity contribution in [3.63, 3.8) is 0 Å². The molecule has 0 radical (unpaired) electrons. The smallest absolute Gasteiger partial charge is 0.257 e. The Morgan fingerprint density at radius 3 is 2.29 bits per heavy atom. The minimum absolute atomic E-state index is 0. The number of hydrogen-bond acceptors (Lipinski definition) is 1. The molecule has 1 rings (SSSR count). The first-order chi connectivity index (χ1) is 6.02. The average Bonchev–Trinajstić information content (AvgIpc) is 2.03. The van der Waals surface area contributed by atoms with Gasteiger partial charge >= 0.3 is 0 Å². The Labute approximate surface area is 90.5 Å². The van der Waals surface area contributed by atoms with Crippen molar-refractivity contribution in [2.24, 2.45) is 5.73 Å². The summed E-state index contributed by atoms with van der Waals surface area (Å²) in [5.41, 5.74) is 5.19. The van der Waals surface area contributed by atoms with Crippen LogP contribution < -0.4 is 5.73 Å². The molecule has 80 valence electrons. The van der Waals surface area contributed by atoms with E-state index in [0.29, 0.717) is 0 Å². The highest BCUT2D eigenvalue weighted by Crippen LogP contribution is 2.26. The third-order valence-electron chi connectivity index (χ3n) is 1.59. The summed E-state index contributed by atoms with van der Waals surface area (Å²) in [7, 11) is 0. The fraction of sp³-hybridized carbons (Fsp3) is 0.250. The van der Waals surface area contributed by atoms with Crippen molar-refractivity contribution in [2.75, 3.05) is 0 Å². The summed E-state index contributed by atoms with van der Waals surface area (Å²) < 4.78 is 36.7. The summed E-state index contributed by atoms with van der Waals surface area (Å²) in [6.45, 7) is 0. The summed E-state index contributed by atoms with van der Waals surface area (Å²) >= 11 is 5.52. The van der Waals surface area contributed by atoms with Crippen LogP contribution in [-0.2, 0) is 0 Å². The van der Waals surface area contributed by atoms with Crippen molar-refractivity contribution < 1.29 is 13.2 Å². The van der Waals surface area contributed by atoms with E-state index in [-0.39, 0.29) is 23.0 Å². The van der Waals surface area contributed by atoms with Crippen molar-refractivity contribution in [1.82, 2.24) is 0 Å². The third-order valence-corrected chi connectivity index (χ3v) is 1.92. The standard InChI is InChI=1S/C8H7ClF3N.ClH/c9-6-3-4(10)1-2-5(6)7(13)8(11)12;/h1-3,7-8H,13H2;1H/t7-;/m1./s1. The zero-order valence-corrected chi connectivity index (χ0v) is 8.46. The second-order valence-corrected chi connectivity index (χ2v) is 2.93. The molecule has 0 aliphatic carbocycles. The van der Waals surface area contributed by atoms with E-state index < -0.39 is 18.3 Å². The summed E-state index contributed by atoms with van der Waals surface area (Å²) in [4.78, 5) is 0. The van der Waals surface area contributed by atoms with E-state index >= 15 is 0 Å². The van der Waals surface area contributed by atoms with E-state index in [1.54, 1.807) is 0 Å². The molecule has 0 aliphatic rings. The molecule has 0 saturated heterocycles. The fourth-order valence-corrected chi connectivity index (χ4v) is 1.20. The van der Waals surface area contributed by atoms with Crippen LogP contribution >= 0.6 is 24.0 Å². The van der Waals surface area contributed by atoms with E-state index in [1.165, 1.54) is 0 Å². The van der Waals surface area contributed by atoms with Crippen molar-refractivity contribution in [3.05, 3.63) is 34.6 Å². The molecule has 0 saturated carbocycles. The Hall–Kier alpha value is -0.450. The van der Waals surface area contributed by atoms with Gasteiger partial charge in [-0.25, -0.2) is 13.2 Å². The van der Waals surface area contributed by atoms with Gasteiger partial charge in [-0.2, -0.15) is 0 Å². The lowest BCUT2D eigenvalue weighted by Gasteiger charge is -2.11. The van der Waals surface area contributed by atoms with Crippen molar-refractivity contribution >= 4 is 24.0 Å². The number of hydrogen-bond donors (Lipinski definition) is 1. The van der Waals surface area contributed by atoms with Gasteiger partial charge in [0.1, 0.15) is 5.82 Å². The number of benzene rings is 1. The Morgan fingerprint density at radius 2 is 1.86 bits per heavy atom. The molecule has 6 heteroatoms. The SMILES string of the molecule is Cl.N[C@H](c1ccc(F)cc1Cl)C(F)F. The van der Waals surface area contributed by atoms with Gasteiger partial charge in [-0.3, -0.25) is 0 Å². The maximum absolute atomic E-state index is 12.5. The maximum Gasteiger partial charge on any atom is 0.257 e. The van der Waals surface area contributed by atoms with E-state index in [2.05, 4.69) is 0 Å². The minimum atomic E-state index is -2.71. The molecule has 0 aromatic heterocycles. The van der Waals surface area contributed by atoms with Gasteiger partial charge in [0.15, 0.2) is 0 Å². The van der Waals surface area contributed by atoms with E-state index in [9.17, 15) is 13.2 Å². The van der Waals surface area contributed by atoms with Crippen LogP contribution in [0.15, 0.2) is 18.2 Å². The molecule has 0 heterocycles. The highest BCUT2D eigenvalue weighted by atomic mass is 35.5. The Balaban J connectivity index is 0.00000169. The molecule has 1 atom stereocenters. The summed E-state index contributed by atoms with van der Waals surface area (Å²) in [6, 6.07) is 1.70. The second-order valence-electron chi connectivity index (χ2n) is 2.53. The molecule has 0 aliphatic heterocycles. The first-order valence-electron chi connectivity index (χ1n) is 3.51. The zero-order chi connectivity index (χ0) is 10.0. The van der Waals surface area contributed by atoms with Gasteiger partial charge in [0.25, 0.3) is 6.43 Å². The van der Waals surface area contributed by atoms with Gasteiger partial charge in [-0.05, 0) is 17.7 Å². The summed E-state index contributed by atoms with van der Waals surface area (Å²) in [5, 5.41) is -0.0761. The van der Waals surface area contributed by atoms with Crippen LogP contribution in [0.1, 0.15) is 11.6 Å². The van der Waals surface area contributed by atoms with Crippen molar-refractivity contribution in [1.29, 1.82) is 0 Å². The number of nitrogens with two attached hydrogens (primary N) is 1. The van der Waals surface area contributed by atoms with Crippen LogP contribution in [-0.4, -0.2) is 6.43 Å². The molecule has 0 unspecified atom stereocenters. The number of rotatable bonds is 2. The number of alkyl halides is 2. The van der Waals surface area contributed by atoms with Crippen LogP contribution in [0.3, 0.4) is 0 Å². The molecule has 0 fully saturated rings. The van der Waals surface area contributed by atoms with Crippen LogP contribution in [0.2, 0.25) is 5.02 Å². The lowest BCUT2D eigenvalue weighted by atomic mass is 10.1. The summed E-state index contributed by atoms with van der Waals surface area (Å²) in [6.07, 6.45) is -2.71. The van der Waals surface area contributed by atoms with Gasteiger partial charge in [0.05, 0.1) is 6.04 Å². The number of halogens is 5.